The van der Waals surface area contributed by atoms with Crippen LogP contribution in [0.5, 0.6) is 0 Å². The zero-order valence-corrected chi connectivity index (χ0v) is 8.83. The summed E-state index contributed by atoms with van der Waals surface area (Å²) in [6, 6.07) is 0. The third-order valence-electron chi connectivity index (χ3n) is 1.09. The fourth-order valence-electron chi connectivity index (χ4n) is 0.563. The maximum Gasteiger partial charge on any atom is 0.303 e. The Morgan fingerprint density at radius 3 is 2.38 bits per heavy atom. The van der Waals surface area contributed by atoms with Crippen molar-refractivity contribution in [3.63, 3.8) is 0 Å². The molecule has 0 radical (unpaired) electrons. The second kappa shape index (κ2) is 8.40. The molecule has 0 aromatic carbocycles. The summed E-state index contributed by atoms with van der Waals surface area (Å²) in [6.07, 6.45) is 0.663. The SMILES string of the molecule is NCCSC(=O)SCCCC(=O)O. The van der Waals surface area contributed by atoms with E-state index >= 15 is 0 Å². The van der Waals surface area contributed by atoms with Crippen LogP contribution >= 0.6 is 23.5 Å². The predicted molar refractivity (Wildman–Crippen MR) is 56.2 cm³/mol. The molecule has 3 N–H and O–H groups in total. The van der Waals surface area contributed by atoms with Gasteiger partial charge in [-0.2, -0.15) is 0 Å². The summed E-state index contributed by atoms with van der Waals surface area (Å²) in [5.41, 5.74) is 5.21. The molecule has 0 unspecified atom stereocenters. The molecule has 0 atom stereocenters. The Bertz CT molecular complexity index is 175. The molecule has 0 saturated heterocycles. The molecule has 0 rings (SSSR count). The first-order chi connectivity index (χ1) is 6.16. The van der Waals surface area contributed by atoms with E-state index in [-0.39, 0.29) is 10.9 Å². The van der Waals surface area contributed by atoms with Gasteiger partial charge in [-0.15, -0.1) is 0 Å². The van der Waals surface area contributed by atoms with E-state index in [0.717, 1.165) is 11.8 Å². The van der Waals surface area contributed by atoms with Crippen molar-refractivity contribution >= 4 is 33.9 Å². The zero-order valence-electron chi connectivity index (χ0n) is 7.19. The summed E-state index contributed by atoms with van der Waals surface area (Å²) in [5, 5.41) is 8.30. The van der Waals surface area contributed by atoms with Crippen LogP contribution in [0.15, 0.2) is 0 Å². The minimum Gasteiger partial charge on any atom is -0.481 e. The Morgan fingerprint density at radius 2 is 1.85 bits per heavy atom. The summed E-state index contributed by atoms with van der Waals surface area (Å²) in [6.45, 7) is 0.492. The molecule has 0 saturated carbocycles. The van der Waals surface area contributed by atoms with Crippen molar-refractivity contribution in [1.29, 1.82) is 0 Å². The number of hydrogen-bond donors (Lipinski definition) is 2. The van der Waals surface area contributed by atoms with Crippen molar-refractivity contribution in [3.05, 3.63) is 0 Å². The van der Waals surface area contributed by atoms with Gasteiger partial charge in [0.15, 0.2) is 0 Å². The van der Waals surface area contributed by atoms with Crippen LogP contribution in [0.1, 0.15) is 12.8 Å². The van der Waals surface area contributed by atoms with Crippen LogP contribution in [0.25, 0.3) is 0 Å². The first-order valence-corrected chi connectivity index (χ1v) is 5.85. The van der Waals surface area contributed by atoms with Crippen LogP contribution in [-0.2, 0) is 4.79 Å². The lowest BCUT2D eigenvalue weighted by Crippen LogP contribution is -2.02. The van der Waals surface area contributed by atoms with E-state index in [1.54, 1.807) is 0 Å². The summed E-state index contributed by atoms with van der Waals surface area (Å²) in [7, 11) is 0. The Kier molecular flexibility index (Phi) is 8.27. The Hall–Kier alpha value is -0.200. The summed E-state index contributed by atoms with van der Waals surface area (Å²) >= 11 is 2.35. The highest BCUT2D eigenvalue weighted by atomic mass is 32.2. The third-order valence-corrected chi connectivity index (χ3v) is 3.20. The average molecular weight is 223 g/mol. The standard InChI is InChI=1S/C7H13NO3S2/c8-3-5-13-7(11)12-4-1-2-6(9)10/h1-5,8H2,(H,9,10). The predicted octanol–water partition coefficient (Wildman–Crippen LogP) is 1.40. The molecular formula is C7H13NO3S2. The van der Waals surface area contributed by atoms with Gasteiger partial charge in [0.1, 0.15) is 0 Å². The van der Waals surface area contributed by atoms with Gasteiger partial charge in [0.2, 0.25) is 4.45 Å². The van der Waals surface area contributed by atoms with Crippen LogP contribution in [0, 0.1) is 0 Å². The second-order valence-electron chi connectivity index (χ2n) is 2.23. The molecule has 76 valence electrons. The van der Waals surface area contributed by atoms with Crippen molar-refractivity contribution in [1.82, 2.24) is 0 Å². The molecular weight excluding hydrogens is 210 g/mol. The van der Waals surface area contributed by atoms with E-state index in [1.807, 2.05) is 0 Å². The number of carboxylic acids is 1. The molecule has 13 heavy (non-hydrogen) atoms. The fourth-order valence-corrected chi connectivity index (χ4v) is 2.14. The lowest BCUT2D eigenvalue weighted by molar-refractivity contribution is -0.137. The van der Waals surface area contributed by atoms with Crippen molar-refractivity contribution in [3.8, 4) is 0 Å². The minimum absolute atomic E-state index is 0.0239. The molecule has 0 heterocycles. The van der Waals surface area contributed by atoms with E-state index in [9.17, 15) is 9.59 Å². The number of carbonyl (C=O) groups excluding carboxylic acids is 1. The second-order valence-corrected chi connectivity index (χ2v) is 4.63. The number of carbonyl (C=O) groups is 2. The fraction of sp³-hybridized carbons (Fsp3) is 0.714. The number of thioether (sulfide) groups is 2. The van der Waals surface area contributed by atoms with E-state index in [1.165, 1.54) is 11.8 Å². The van der Waals surface area contributed by atoms with Gasteiger partial charge in [-0.25, -0.2) is 0 Å². The first kappa shape index (κ1) is 12.8. The molecule has 0 aromatic rings. The molecule has 0 bridgehead atoms. The van der Waals surface area contributed by atoms with E-state index in [0.29, 0.717) is 24.5 Å². The van der Waals surface area contributed by atoms with Gasteiger partial charge in [0.25, 0.3) is 0 Å². The summed E-state index contributed by atoms with van der Waals surface area (Å²) < 4.78 is 0.0239. The monoisotopic (exact) mass is 223 g/mol. The number of aliphatic carboxylic acids is 1. The molecule has 0 amide bonds. The molecule has 4 nitrogen and oxygen atoms in total. The molecule has 0 aliphatic carbocycles. The number of hydrogen-bond acceptors (Lipinski definition) is 5. The Morgan fingerprint density at radius 1 is 1.23 bits per heavy atom. The Labute approximate surface area is 85.6 Å². The van der Waals surface area contributed by atoms with Gasteiger partial charge in [-0.3, -0.25) is 9.59 Å². The number of nitrogens with two attached hydrogens (primary N) is 1. The van der Waals surface area contributed by atoms with Gasteiger partial charge in [-0.05, 0) is 6.42 Å². The zero-order chi connectivity index (χ0) is 10.1. The van der Waals surface area contributed by atoms with Crippen molar-refractivity contribution < 1.29 is 14.7 Å². The maximum absolute atomic E-state index is 11.0. The van der Waals surface area contributed by atoms with E-state index in [2.05, 4.69) is 0 Å². The molecule has 0 aromatic heterocycles. The smallest absolute Gasteiger partial charge is 0.303 e. The molecule has 0 aliphatic heterocycles. The largest absolute Gasteiger partial charge is 0.481 e. The van der Waals surface area contributed by atoms with Crippen LogP contribution < -0.4 is 5.73 Å². The lowest BCUT2D eigenvalue weighted by atomic mass is 10.3. The minimum atomic E-state index is -0.817. The van der Waals surface area contributed by atoms with Gasteiger partial charge in [0.05, 0.1) is 0 Å². The van der Waals surface area contributed by atoms with Crippen LogP contribution in [0.4, 0.5) is 4.79 Å². The Balaban J connectivity index is 3.22. The summed E-state index contributed by atoms with van der Waals surface area (Å²) in [5.74, 6) is 0.385. The lowest BCUT2D eigenvalue weighted by Gasteiger charge is -1.97. The van der Waals surface area contributed by atoms with Gasteiger partial charge in [0, 0.05) is 24.5 Å². The average Bonchev–Trinajstić information content (AvgIpc) is 2.08. The van der Waals surface area contributed by atoms with E-state index < -0.39 is 5.97 Å². The number of carboxylic acid groups (broad SMARTS) is 1. The van der Waals surface area contributed by atoms with Crippen molar-refractivity contribution in [2.75, 3.05) is 18.1 Å². The quantitative estimate of drug-likeness (QED) is 0.662. The van der Waals surface area contributed by atoms with Crippen LogP contribution in [0.2, 0.25) is 0 Å². The normalized spacial score (nSPS) is 9.92. The van der Waals surface area contributed by atoms with Crippen molar-refractivity contribution in [2.45, 2.75) is 12.8 Å². The maximum atomic E-state index is 11.0. The highest BCUT2D eigenvalue weighted by Crippen LogP contribution is 2.17. The van der Waals surface area contributed by atoms with E-state index in [4.69, 9.17) is 10.8 Å². The third kappa shape index (κ3) is 9.72. The number of rotatable bonds is 6. The van der Waals surface area contributed by atoms with Gasteiger partial charge < -0.3 is 10.8 Å². The molecule has 0 spiro atoms. The summed E-state index contributed by atoms with van der Waals surface area (Å²) in [4.78, 5) is 21.1. The highest BCUT2D eigenvalue weighted by Gasteiger charge is 2.03. The van der Waals surface area contributed by atoms with Gasteiger partial charge in [-0.1, -0.05) is 23.5 Å². The molecule has 0 fully saturated rings. The van der Waals surface area contributed by atoms with Crippen LogP contribution in [-0.4, -0.2) is 33.6 Å². The van der Waals surface area contributed by atoms with Gasteiger partial charge >= 0.3 is 5.97 Å². The van der Waals surface area contributed by atoms with Crippen molar-refractivity contribution in [2.24, 2.45) is 5.73 Å². The molecule has 0 aliphatic rings. The topological polar surface area (TPSA) is 80.4 Å². The first-order valence-electron chi connectivity index (χ1n) is 3.88. The highest BCUT2D eigenvalue weighted by molar-refractivity contribution is 8.38. The van der Waals surface area contributed by atoms with Crippen LogP contribution in [0.3, 0.4) is 0 Å². The molecule has 6 heteroatoms.